The molecule has 0 bridgehead atoms. The predicted molar refractivity (Wildman–Crippen MR) is 127 cm³/mol. The molecule has 1 N–H and O–H groups in total. The lowest BCUT2D eigenvalue weighted by atomic mass is 10.1. The van der Waals surface area contributed by atoms with Crippen LogP contribution in [0.1, 0.15) is 31.9 Å². The Morgan fingerprint density at radius 2 is 1.59 bits per heavy atom. The number of carbonyl (C=O) groups is 1. The highest BCUT2D eigenvalue weighted by molar-refractivity contribution is 7.89. The van der Waals surface area contributed by atoms with E-state index >= 15 is 0 Å². The topological polar surface area (TPSA) is 79.0 Å². The molecule has 0 radical (unpaired) electrons. The van der Waals surface area contributed by atoms with Crippen LogP contribution in [0, 0.1) is 13.8 Å². The Hall–Kier alpha value is -2.58. The van der Waals surface area contributed by atoms with Gasteiger partial charge >= 0.3 is 0 Å². The molecule has 174 valence electrons. The Labute approximate surface area is 191 Å². The van der Waals surface area contributed by atoms with Crippen LogP contribution in [0.2, 0.25) is 0 Å². The van der Waals surface area contributed by atoms with Gasteiger partial charge in [-0.3, -0.25) is 4.79 Å². The van der Waals surface area contributed by atoms with Crippen LogP contribution in [-0.4, -0.2) is 57.0 Å². The summed E-state index contributed by atoms with van der Waals surface area (Å²) in [5.74, 6) is 0.244. The molecule has 2 aromatic rings. The molecule has 1 aliphatic heterocycles. The molecule has 0 saturated carbocycles. The number of anilines is 1. The maximum atomic E-state index is 13.1. The van der Waals surface area contributed by atoms with Crippen molar-refractivity contribution in [2.45, 2.75) is 51.7 Å². The Kier molecular flexibility index (Phi) is 7.46. The third kappa shape index (κ3) is 5.42. The van der Waals surface area contributed by atoms with Gasteiger partial charge in [0.2, 0.25) is 10.0 Å². The maximum absolute atomic E-state index is 13.1. The molecule has 1 amide bonds. The minimum atomic E-state index is -3.59. The highest BCUT2D eigenvalue weighted by atomic mass is 32.2. The number of carbonyl (C=O) groups excluding carboxylic acids is 1. The summed E-state index contributed by atoms with van der Waals surface area (Å²) in [5, 5.41) is 2.79. The zero-order chi connectivity index (χ0) is 23.5. The van der Waals surface area contributed by atoms with Gasteiger partial charge < -0.3 is 15.0 Å². The smallest absolute Gasteiger partial charge is 0.260 e. The lowest BCUT2D eigenvalue weighted by molar-refractivity contribution is -0.127. The molecule has 0 spiro atoms. The maximum Gasteiger partial charge on any atom is 0.260 e. The average molecular weight is 460 g/mol. The molecular weight excluding hydrogens is 426 g/mol. The van der Waals surface area contributed by atoms with Crippen LogP contribution in [0.3, 0.4) is 0 Å². The van der Waals surface area contributed by atoms with Crippen molar-refractivity contribution in [3.8, 4) is 5.75 Å². The van der Waals surface area contributed by atoms with Crippen molar-refractivity contribution in [2.75, 3.05) is 31.1 Å². The van der Waals surface area contributed by atoms with Gasteiger partial charge in [-0.15, -0.1) is 0 Å². The first-order valence-electron chi connectivity index (χ1n) is 11.0. The lowest BCUT2D eigenvalue weighted by Gasteiger charge is -2.36. The predicted octanol–water partition coefficient (Wildman–Crippen LogP) is 3.11. The minimum absolute atomic E-state index is 0.0244. The van der Waals surface area contributed by atoms with Gasteiger partial charge in [0, 0.05) is 37.9 Å². The monoisotopic (exact) mass is 459 g/mol. The third-order valence-corrected chi connectivity index (χ3v) is 7.64. The second kappa shape index (κ2) is 9.92. The third-order valence-electron chi connectivity index (χ3n) is 5.73. The summed E-state index contributed by atoms with van der Waals surface area (Å²) in [6.07, 6.45) is -0.669. The standard InChI is InChI=1S/C24H33N3O4S/c1-17(2)25-24(28)20(5)31-21-9-11-22(12-10-21)32(29,30)27-15-13-26(14-16-27)23-8-6-7-18(3)19(23)4/h6-12,17,20H,13-16H2,1-5H3,(H,25,28)/t20-/m1/s1. The number of ether oxygens (including phenoxy) is 1. The first kappa shape index (κ1) is 24.1. The highest BCUT2D eigenvalue weighted by Crippen LogP contribution is 2.26. The van der Waals surface area contributed by atoms with Crippen LogP contribution < -0.4 is 15.0 Å². The van der Waals surface area contributed by atoms with Crippen molar-refractivity contribution in [3.63, 3.8) is 0 Å². The largest absolute Gasteiger partial charge is 0.481 e. The number of hydrogen-bond acceptors (Lipinski definition) is 5. The summed E-state index contributed by atoms with van der Waals surface area (Å²) in [5.41, 5.74) is 3.63. The van der Waals surface area contributed by atoms with Crippen molar-refractivity contribution < 1.29 is 17.9 Å². The normalized spacial score (nSPS) is 16.1. The van der Waals surface area contributed by atoms with Gasteiger partial charge in [-0.25, -0.2) is 8.42 Å². The van der Waals surface area contributed by atoms with Crippen LogP contribution in [0.25, 0.3) is 0 Å². The number of piperazine rings is 1. The molecule has 1 saturated heterocycles. The van der Waals surface area contributed by atoms with Crippen molar-refractivity contribution in [2.24, 2.45) is 0 Å². The molecule has 1 heterocycles. The molecule has 1 aliphatic rings. The molecule has 0 aliphatic carbocycles. The number of hydrogen-bond donors (Lipinski definition) is 1. The molecule has 3 rings (SSSR count). The van der Waals surface area contributed by atoms with E-state index in [1.165, 1.54) is 33.3 Å². The molecule has 8 heteroatoms. The molecule has 32 heavy (non-hydrogen) atoms. The Morgan fingerprint density at radius 3 is 2.19 bits per heavy atom. The fourth-order valence-electron chi connectivity index (χ4n) is 3.75. The van der Waals surface area contributed by atoms with Crippen molar-refractivity contribution in [1.82, 2.24) is 9.62 Å². The van der Waals surface area contributed by atoms with Gasteiger partial charge in [0.25, 0.3) is 5.91 Å². The number of nitrogens with zero attached hydrogens (tertiary/aromatic N) is 2. The van der Waals surface area contributed by atoms with E-state index in [4.69, 9.17) is 4.74 Å². The zero-order valence-corrected chi connectivity index (χ0v) is 20.3. The van der Waals surface area contributed by atoms with E-state index in [0.29, 0.717) is 31.9 Å². The number of rotatable bonds is 7. The van der Waals surface area contributed by atoms with E-state index in [2.05, 4.69) is 36.2 Å². The number of amides is 1. The first-order valence-corrected chi connectivity index (χ1v) is 12.4. The van der Waals surface area contributed by atoms with E-state index < -0.39 is 16.1 Å². The van der Waals surface area contributed by atoms with E-state index in [9.17, 15) is 13.2 Å². The van der Waals surface area contributed by atoms with Crippen LogP contribution in [0.5, 0.6) is 5.75 Å². The fraction of sp³-hybridized carbons (Fsp3) is 0.458. The lowest BCUT2D eigenvalue weighted by Crippen LogP contribution is -2.48. The molecule has 0 unspecified atom stereocenters. The summed E-state index contributed by atoms with van der Waals surface area (Å²) in [4.78, 5) is 14.5. The van der Waals surface area contributed by atoms with Crippen LogP contribution in [0.15, 0.2) is 47.4 Å². The molecule has 1 fully saturated rings. The van der Waals surface area contributed by atoms with E-state index in [0.717, 1.165) is 0 Å². The molecule has 7 nitrogen and oxygen atoms in total. The van der Waals surface area contributed by atoms with Gasteiger partial charge in [0.05, 0.1) is 4.90 Å². The summed E-state index contributed by atoms with van der Waals surface area (Å²) in [7, 11) is -3.59. The molecule has 1 atom stereocenters. The Bertz CT molecular complexity index is 1040. The summed E-state index contributed by atoms with van der Waals surface area (Å²) in [6, 6.07) is 12.5. The van der Waals surface area contributed by atoms with Crippen LogP contribution in [-0.2, 0) is 14.8 Å². The summed E-state index contributed by atoms with van der Waals surface area (Å²) >= 11 is 0. The van der Waals surface area contributed by atoms with Crippen molar-refractivity contribution in [1.29, 1.82) is 0 Å². The molecule has 2 aromatic carbocycles. The van der Waals surface area contributed by atoms with Gasteiger partial charge in [-0.2, -0.15) is 4.31 Å². The van der Waals surface area contributed by atoms with Gasteiger partial charge in [0.15, 0.2) is 6.10 Å². The minimum Gasteiger partial charge on any atom is -0.481 e. The SMILES string of the molecule is Cc1cccc(N2CCN(S(=O)(=O)c3ccc(O[C@H](C)C(=O)NC(C)C)cc3)CC2)c1C. The first-order chi connectivity index (χ1) is 15.1. The van der Waals surface area contributed by atoms with Gasteiger partial charge in [-0.1, -0.05) is 12.1 Å². The number of benzene rings is 2. The van der Waals surface area contributed by atoms with E-state index in [1.807, 2.05) is 19.9 Å². The highest BCUT2D eigenvalue weighted by Gasteiger charge is 2.29. The zero-order valence-electron chi connectivity index (χ0n) is 19.5. The van der Waals surface area contributed by atoms with Crippen LogP contribution >= 0.6 is 0 Å². The quantitative estimate of drug-likeness (QED) is 0.688. The average Bonchev–Trinajstić information content (AvgIpc) is 2.75. The Balaban J connectivity index is 1.63. The molecule has 0 aromatic heterocycles. The van der Waals surface area contributed by atoms with Gasteiger partial charge in [-0.05, 0) is 76.1 Å². The summed E-state index contributed by atoms with van der Waals surface area (Å²) in [6.45, 7) is 11.8. The second-order valence-electron chi connectivity index (χ2n) is 8.50. The van der Waals surface area contributed by atoms with Crippen molar-refractivity contribution in [3.05, 3.63) is 53.6 Å². The van der Waals surface area contributed by atoms with Gasteiger partial charge in [0.1, 0.15) is 5.75 Å². The fourth-order valence-corrected chi connectivity index (χ4v) is 5.17. The number of aryl methyl sites for hydroxylation is 1. The van der Waals surface area contributed by atoms with Crippen molar-refractivity contribution >= 4 is 21.6 Å². The second-order valence-corrected chi connectivity index (χ2v) is 10.4. The van der Waals surface area contributed by atoms with E-state index in [-0.39, 0.29) is 16.8 Å². The Morgan fingerprint density at radius 1 is 0.969 bits per heavy atom. The molecular formula is C24H33N3O4S. The van der Waals surface area contributed by atoms with E-state index in [1.54, 1.807) is 19.1 Å². The van der Waals surface area contributed by atoms with Crippen LogP contribution in [0.4, 0.5) is 5.69 Å². The number of nitrogens with one attached hydrogen (secondary N) is 1. The summed E-state index contributed by atoms with van der Waals surface area (Å²) < 4.78 is 33.4. The number of sulfonamides is 1.